The average Bonchev–Trinajstić information content (AvgIpc) is 2.29. The van der Waals surface area contributed by atoms with Gasteiger partial charge in [0.05, 0.1) is 18.6 Å². The highest BCUT2D eigenvalue weighted by molar-refractivity contribution is 8.00. The van der Waals surface area contributed by atoms with Gasteiger partial charge in [-0.2, -0.15) is 0 Å². The summed E-state index contributed by atoms with van der Waals surface area (Å²) in [5.41, 5.74) is 2.03. The maximum atomic E-state index is 9.08. The molecule has 2 nitrogen and oxygen atoms in total. The van der Waals surface area contributed by atoms with Crippen molar-refractivity contribution in [3.63, 3.8) is 0 Å². The lowest BCUT2D eigenvalue weighted by Crippen LogP contribution is -2.03. The van der Waals surface area contributed by atoms with Crippen molar-refractivity contribution in [2.75, 3.05) is 13.7 Å². The lowest BCUT2D eigenvalue weighted by molar-refractivity contribution is 0.300. The number of rotatable bonds is 4. The van der Waals surface area contributed by atoms with E-state index in [0.717, 1.165) is 26.8 Å². The third-order valence-electron chi connectivity index (χ3n) is 2.38. The predicted octanol–water partition coefficient (Wildman–Crippen LogP) is 3.44. The van der Waals surface area contributed by atoms with Crippen molar-refractivity contribution < 1.29 is 9.84 Å². The van der Waals surface area contributed by atoms with E-state index >= 15 is 0 Å². The first-order chi connectivity index (χ1) is 7.51. The van der Waals surface area contributed by atoms with Crippen molar-refractivity contribution in [1.29, 1.82) is 0 Å². The zero-order chi connectivity index (χ0) is 12.3. The van der Waals surface area contributed by atoms with E-state index in [9.17, 15) is 0 Å². The van der Waals surface area contributed by atoms with Gasteiger partial charge in [-0.25, -0.2) is 0 Å². The summed E-state index contributed by atoms with van der Waals surface area (Å²) in [5, 5.41) is 9.98. The number of aryl methyl sites for hydroxylation is 1. The van der Waals surface area contributed by atoms with Crippen molar-refractivity contribution in [1.82, 2.24) is 0 Å². The fourth-order valence-electron chi connectivity index (χ4n) is 1.44. The lowest BCUT2D eigenvalue weighted by Gasteiger charge is -2.16. The minimum absolute atomic E-state index is 0.131. The largest absolute Gasteiger partial charge is 0.496 e. The summed E-state index contributed by atoms with van der Waals surface area (Å²) in [6, 6.07) is 1.93. The lowest BCUT2D eigenvalue weighted by atomic mass is 10.1. The van der Waals surface area contributed by atoms with Gasteiger partial charge >= 0.3 is 0 Å². The van der Waals surface area contributed by atoms with Crippen LogP contribution in [0.5, 0.6) is 5.75 Å². The van der Waals surface area contributed by atoms with Crippen molar-refractivity contribution in [3.05, 3.63) is 22.2 Å². The van der Waals surface area contributed by atoms with Crippen LogP contribution in [0.3, 0.4) is 0 Å². The van der Waals surface area contributed by atoms with E-state index in [1.807, 2.05) is 26.8 Å². The van der Waals surface area contributed by atoms with Gasteiger partial charge in [-0.15, -0.1) is 11.8 Å². The molecule has 0 spiro atoms. The van der Waals surface area contributed by atoms with Gasteiger partial charge in [-0.1, -0.05) is 18.5 Å². The Bertz CT molecular complexity index is 380. The van der Waals surface area contributed by atoms with Crippen molar-refractivity contribution >= 4 is 23.4 Å². The summed E-state index contributed by atoms with van der Waals surface area (Å²) in [5.74, 6) is 0.824. The SMILES string of the molecule is COc1cc(C)c(Cl)c(C)c1SC(C)CO. The van der Waals surface area contributed by atoms with Crippen LogP contribution in [-0.2, 0) is 0 Å². The van der Waals surface area contributed by atoms with E-state index in [2.05, 4.69) is 0 Å². The number of methoxy groups -OCH3 is 1. The second-order valence-electron chi connectivity index (χ2n) is 3.77. The minimum atomic E-state index is 0.131. The monoisotopic (exact) mass is 260 g/mol. The number of hydrogen-bond donors (Lipinski definition) is 1. The smallest absolute Gasteiger partial charge is 0.133 e. The van der Waals surface area contributed by atoms with Crippen molar-refractivity contribution in [2.24, 2.45) is 0 Å². The number of ether oxygens (including phenoxy) is 1. The minimum Gasteiger partial charge on any atom is -0.496 e. The Balaban J connectivity index is 3.19. The van der Waals surface area contributed by atoms with Gasteiger partial charge in [0.2, 0.25) is 0 Å². The van der Waals surface area contributed by atoms with Crippen LogP contribution in [0.25, 0.3) is 0 Å². The van der Waals surface area contributed by atoms with Crippen LogP contribution in [0.2, 0.25) is 5.02 Å². The number of halogens is 1. The molecule has 0 aliphatic rings. The highest BCUT2D eigenvalue weighted by Gasteiger charge is 2.15. The van der Waals surface area contributed by atoms with Gasteiger partial charge in [0, 0.05) is 10.3 Å². The van der Waals surface area contributed by atoms with Crippen molar-refractivity contribution in [3.8, 4) is 5.75 Å². The third-order valence-corrected chi connectivity index (χ3v) is 4.26. The topological polar surface area (TPSA) is 29.5 Å². The number of thioether (sulfide) groups is 1. The van der Waals surface area contributed by atoms with Gasteiger partial charge in [0.15, 0.2) is 0 Å². The maximum Gasteiger partial charge on any atom is 0.133 e. The Labute approximate surface area is 106 Å². The zero-order valence-corrected chi connectivity index (χ0v) is 11.6. The Kier molecular flexibility index (Phi) is 4.96. The molecule has 0 aliphatic heterocycles. The molecule has 0 radical (unpaired) electrons. The summed E-state index contributed by atoms with van der Waals surface area (Å²) in [4.78, 5) is 1.01. The summed E-state index contributed by atoms with van der Waals surface area (Å²) in [6.07, 6.45) is 0. The summed E-state index contributed by atoms with van der Waals surface area (Å²) in [7, 11) is 1.65. The quantitative estimate of drug-likeness (QED) is 0.841. The molecule has 1 atom stereocenters. The molecular formula is C12H17ClO2S. The second-order valence-corrected chi connectivity index (χ2v) is 5.60. The normalized spacial score (nSPS) is 12.6. The number of benzene rings is 1. The summed E-state index contributed by atoms with van der Waals surface area (Å²) < 4.78 is 5.35. The highest BCUT2D eigenvalue weighted by atomic mass is 35.5. The van der Waals surface area contributed by atoms with Crippen LogP contribution in [0.15, 0.2) is 11.0 Å². The van der Waals surface area contributed by atoms with E-state index in [-0.39, 0.29) is 11.9 Å². The van der Waals surface area contributed by atoms with E-state index in [0.29, 0.717) is 0 Å². The fourth-order valence-corrected chi connectivity index (χ4v) is 2.66. The Hall–Kier alpha value is -0.380. The van der Waals surface area contributed by atoms with Crippen LogP contribution >= 0.6 is 23.4 Å². The van der Waals surface area contributed by atoms with Gasteiger partial charge in [0.1, 0.15) is 5.75 Å². The Morgan fingerprint density at radius 1 is 1.50 bits per heavy atom. The predicted molar refractivity (Wildman–Crippen MR) is 69.9 cm³/mol. The molecule has 0 aliphatic carbocycles. The number of aliphatic hydroxyl groups is 1. The summed E-state index contributed by atoms with van der Waals surface area (Å²) in [6.45, 7) is 6.04. The standard InChI is InChI=1S/C12H17ClO2S/c1-7-5-10(15-4)12(9(3)11(7)13)16-8(2)6-14/h5,8,14H,6H2,1-4H3. The molecule has 1 aromatic rings. The molecule has 1 aromatic carbocycles. The van der Waals surface area contributed by atoms with E-state index in [1.54, 1.807) is 18.9 Å². The molecule has 1 N–H and O–H groups in total. The van der Waals surface area contributed by atoms with Crippen LogP contribution in [0.4, 0.5) is 0 Å². The molecule has 0 saturated carbocycles. The molecule has 0 bridgehead atoms. The fraction of sp³-hybridized carbons (Fsp3) is 0.500. The third kappa shape index (κ3) is 2.84. The molecule has 0 heterocycles. The second kappa shape index (κ2) is 5.80. The first-order valence-corrected chi connectivity index (χ1v) is 6.38. The number of hydrogen-bond acceptors (Lipinski definition) is 3. The molecule has 16 heavy (non-hydrogen) atoms. The van der Waals surface area contributed by atoms with Gasteiger partial charge < -0.3 is 9.84 Å². The van der Waals surface area contributed by atoms with Gasteiger partial charge in [0.25, 0.3) is 0 Å². The van der Waals surface area contributed by atoms with Gasteiger partial charge in [-0.05, 0) is 31.0 Å². The Morgan fingerprint density at radius 3 is 2.62 bits per heavy atom. The zero-order valence-electron chi connectivity index (χ0n) is 10.0. The molecule has 90 valence electrons. The molecule has 0 amide bonds. The molecule has 0 aromatic heterocycles. The first kappa shape index (κ1) is 13.7. The highest BCUT2D eigenvalue weighted by Crippen LogP contribution is 2.39. The van der Waals surface area contributed by atoms with Crippen LogP contribution in [0.1, 0.15) is 18.1 Å². The van der Waals surface area contributed by atoms with Crippen LogP contribution < -0.4 is 4.74 Å². The number of aliphatic hydroxyl groups excluding tert-OH is 1. The first-order valence-electron chi connectivity index (χ1n) is 5.12. The Morgan fingerprint density at radius 2 is 2.12 bits per heavy atom. The van der Waals surface area contributed by atoms with Crippen LogP contribution in [0, 0.1) is 13.8 Å². The molecule has 0 saturated heterocycles. The molecule has 0 fully saturated rings. The molecular weight excluding hydrogens is 244 g/mol. The molecule has 1 unspecified atom stereocenters. The summed E-state index contributed by atoms with van der Waals surface area (Å²) >= 11 is 7.79. The van der Waals surface area contributed by atoms with Crippen LogP contribution in [-0.4, -0.2) is 24.1 Å². The van der Waals surface area contributed by atoms with E-state index in [4.69, 9.17) is 21.4 Å². The van der Waals surface area contributed by atoms with E-state index in [1.165, 1.54) is 0 Å². The maximum absolute atomic E-state index is 9.08. The van der Waals surface area contributed by atoms with Gasteiger partial charge in [-0.3, -0.25) is 0 Å². The average molecular weight is 261 g/mol. The van der Waals surface area contributed by atoms with Crippen molar-refractivity contribution in [2.45, 2.75) is 30.9 Å². The molecule has 4 heteroatoms. The molecule has 1 rings (SSSR count). The van der Waals surface area contributed by atoms with E-state index < -0.39 is 0 Å².